The van der Waals surface area contributed by atoms with Gasteiger partial charge in [-0.25, -0.2) is 8.42 Å². The lowest BCUT2D eigenvalue weighted by Crippen LogP contribution is -2.37. The van der Waals surface area contributed by atoms with Crippen LogP contribution >= 0.6 is 0 Å². The average molecular weight is 347 g/mol. The van der Waals surface area contributed by atoms with Crippen molar-refractivity contribution >= 4 is 21.6 Å². The second-order valence-electron chi connectivity index (χ2n) is 5.45. The molecule has 6 nitrogen and oxygen atoms in total. The number of pyridine rings is 1. The summed E-state index contributed by atoms with van der Waals surface area (Å²) >= 11 is 0. The van der Waals surface area contributed by atoms with Crippen LogP contribution in [-0.4, -0.2) is 36.4 Å². The van der Waals surface area contributed by atoms with Gasteiger partial charge in [-0.05, 0) is 36.2 Å². The molecule has 0 atom stereocenters. The molecule has 2 rings (SSSR count). The maximum absolute atomic E-state index is 12.2. The number of aromatic nitrogens is 1. The molecule has 1 heterocycles. The van der Waals surface area contributed by atoms with Gasteiger partial charge in [0.2, 0.25) is 15.9 Å². The van der Waals surface area contributed by atoms with Crippen LogP contribution in [0.25, 0.3) is 0 Å². The second-order valence-corrected chi connectivity index (χ2v) is 7.43. The van der Waals surface area contributed by atoms with Gasteiger partial charge in [-0.15, -0.1) is 0 Å². The number of hydrogen-bond acceptors (Lipinski definition) is 4. The van der Waals surface area contributed by atoms with E-state index in [9.17, 15) is 13.2 Å². The SMILES string of the molecule is CCc1ccc(NC(=O)CN(Cc2ccccn2)S(C)(=O)=O)cc1. The van der Waals surface area contributed by atoms with Gasteiger partial charge in [0.05, 0.1) is 25.0 Å². The molecule has 0 radical (unpaired) electrons. The summed E-state index contributed by atoms with van der Waals surface area (Å²) in [6.45, 7) is 1.85. The molecular weight excluding hydrogens is 326 g/mol. The average Bonchev–Trinajstić information content (AvgIpc) is 2.55. The summed E-state index contributed by atoms with van der Waals surface area (Å²) in [4.78, 5) is 16.3. The molecule has 0 spiro atoms. The molecule has 1 N–H and O–H groups in total. The van der Waals surface area contributed by atoms with E-state index in [1.165, 1.54) is 5.56 Å². The largest absolute Gasteiger partial charge is 0.325 e. The number of nitrogens with one attached hydrogen (secondary N) is 1. The van der Waals surface area contributed by atoms with E-state index in [1.54, 1.807) is 36.5 Å². The lowest BCUT2D eigenvalue weighted by atomic mass is 10.1. The number of hydrogen-bond donors (Lipinski definition) is 1. The van der Waals surface area contributed by atoms with Crippen molar-refractivity contribution < 1.29 is 13.2 Å². The van der Waals surface area contributed by atoms with Crippen molar-refractivity contribution in [3.8, 4) is 0 Å². The van der Waals surface area contributed by atoms with E-state index in [-0.39, 0.29) is 19.0 Å². The number of aryl methyl sites for hydroxylation is 1. The number of sulfonamides is 1. The monoisotopic (exact) mass is 347 g/mol. The Hall–Kier alpha value is -2.25. The van der Waals surface area contributed by atoms with Crippen LogP contribution in [0, 0.1) is 0 Å². The lowest BCUT2D eigenvalue weighted by molar-refractivity contribution is -0.116. The molecule has 7 heteroatoms. The van der Waals surface area contributed by atoms with E-state index in [1.807, 2.05) is 12.1 Å². The van der Waals surface area contributed by atoms with Crippen LogP contribution in [0.1, 0.15) is 18.2 Å². The Balaban J connectivity index is 2.04. The molecule has 0 unspecified atom stereocenters. The summed E-state index contributed by atoms with van der Waals surface area (Å²) in [5, 5.41) is 2.72. The van der Waals surface area contributed by atoms with E-state index in [0.717, 1.165) is 17.0 Å². The minimum Gasteiger partial charge on any atom is -0.325 e. The molecule has 0 saturated carbocycles. The van der Waals surface area contributed by atoms with Gasteiger partial charge >= 0.3 is 0 Å². The molecule has 128 valence electrons. The highest BCUT2D eigenvalue weighted by Gasteiger charge is 2.21. The fraction of sp³-hybridized carbons (Fsp3) is 0.294. The van der Waals surface area contributed by atoms with Crippen LogP contribution < -0.4 is 5.32 Å². The number of carbonyl (C=O) groups excluding carboxylic acids is 1. The molecule has 2 aromatic rings. The summed E-state index contributed by atoms with van der Waals surface area (Å²) in [5.74, 6) is -0.388. The molecule has 0 saturated heterocycles. The van der Waals surface area contributed by atoms with E-state index >= 15 is 0 Å². The predicted octanol–water partition coefficient (Wildman–Crippen LogP) is 2.04. The Morgan fingerprint density at radius 3 is 2.42 bits per heavy atom. The molecule has 1 amide bonds. The third-order valence-corrected chi connectivity index (χ3v) is 4.70. The fourth-order valence-corrected chi connectivity index (χ4v) is 2.87. The Morgan fingerprint density at radius 1 is 1.17 bits per heavy atom. The van der Waals surface area contributed by atoms with Gasteiger partial charge in [-0.1, -0.05) is 25.1 Å². The van der Waals surface area contributed by atoms with Crippen molar-refractivity contribution in [1.29, 1.82) is 0 Å². The Bertz CT molecular complexity index is 774. The third kappa shape index (κ3) is 5.43. The first kappa shape index (κ1) is 18.1. The van der Waals surface area contributed by atoms with Gasteiger partial charge in [0, 0.05) is 11.9 Å². The van der Waals surface area contributed by atoms with Crippen molar-refractivity contribution in [2.45, 2.75) is 19.9 Å². The highest BCUT2D eigenvalue weighted by atomic mass is 32.2. The normalized spacial score (nSPS) is 11.5. The second kappa shape index (κ2) is 8.03. The summed E-state index contributed by atoms with van der Waals surface area (Å²) in [6.07, 6.45) is 3.59. The zero-order chi connectivity index (χ0) is 17.6. The van der Waals surface area contributed by atoms with Gasteiger partial charge in [0.15, 0.2) is 0 Å². The van der Waals surface area contributed by atoms with Crippen LogP contribution in [0.2, 0.25) is 0 Å². The van der Waals surface area contributed by atoms with E-state index in [0.29, 0.717) is 11.4 Å². The Kier molecular flexibility index (Phi) is 6.05. The lowest BCUT2D eigenvalue weighted by Gasteiger charge is -2.19. The topological polar surface area (TPSA) is 79.4 Å². The van der Waals surface area contributed by atoms with Crippen molar-refractivity contribution in [1.82, 2.24) is 9.29 Å². The standard InChI is InChI=1S/C17H21N3O3S/c1-3-14-7-9-15(10-8-14)19-17(21)13-20(24(2,22)23)12-16-6-4-5-11-18-16/h4-11H,3,12-13H2,1-2H3,(H,19,21). The maximum Gasteiger partial charge on any atom is 0.239 e. The van der Waals surface area contributed by atoms with E-state index in [2.05, 4.69) is 17.2 Å². The van der Waals surface area contributed by atoms with Crippen molar-refractivity contribution in [2.24, 2.45) is 0 Å². The first-order chi connectivity index (χ1) is 11.4. The van der Waals surface area contributed by atoms with Crippen molar-refractivity contribution in [3.05, 3.63) is 59.9 Å². The third-order valence-electron chi connectivity index (χ3n) is 3.50. The molecular formula is C17H21N3O3S. The number of anilines is 1. The Labute approximate surface area is 142 Å². The number of nitrogens with zero attached hydrogens (tertiary/aromatic N) is 2. The van der Waals surface area contributed by atoms with Gasteiger partial charge < -0.3 is 5.32 Å². The predicted molar refractivity (Wildman–Crippen MR) is 93.9 cm³/mol. The molecule has 0 bridgehead atoms. The minimum absolute atomic E-state index is 0.0574. The van der Waals surface area contributed by atoms with Crippen molar-refractivity contribution in [3.63, 3.8) is 0 Å². The van der Waals surface area contributed by atoms with Gasteiger partial charge in [0.25, 0.3) is 0 Å². The molecule has 24 heavy (non-hydrogen) atoms. The minimum atomic E-state index is -3.53. The number of rotatable bonds is 7. The fourth-order valence-electron chi connectivity index (χ4n) is 2.15. The van der Waals surface area contributed by atoms with Gasteiger partial charge in [0.1, 0.15) is 0 Å². The maximum atomic E-state index is 12.2. The highest BCUT2D eigenvalue weighted by Crippen LogP contribution is 2.11. The number of benzene rings is 1. The summed E-state index contributed by atoms with van der Waals surface area (Å²) in [5.41, 5.74) is 2.40. The summed E-state index contributed by atoms with van der Waals surface area (Å²) in [6, 6.07) is 12.7. The number of carbonyl (C=O) groups is 1. The van der Waals surface area contributed by atoms with Crippen LogP contribution in [0.15, 0.2) is 48.7 Å². The highest BCUT2D eigenvalue weighted by molar-refractivity contribution is 7.88. The number of amides is 1. The molecule has 0 aliphatic carbocycles. The zero-order valence-corrected chi connectivity index (χ0v) is 14.6. The van der Waals surface area contributed by atoms with Gasteiger partial charge in [-0.2, -0.15) is 4.31 Å². The van der Waals surface area contributed by atoms with Crippen LogP contribution in [0.3, 0.4) is 0 Å². The van der Waals surface area contributed by atoms with Crippen LogP contribution in [0.4, 0.5) is 5.69 Å². The summed E-state index contributed by atoms with van der Waals surface area (Å²) in [7, 11) is -3.53. The first-order valence-corrected chi connectivity index (χ1v) is 9.47. The Morgan fingerprint density at radius 2 is 1.88 bits per heavy atom. The molecule has 1 aromatic heterocycles. The quantitative estimate of drug-likeness (QED) is 0.831. The van der Waals surface area contributed by atoms with Crippen molar-refractivity contribution in [2.75, 3.05) is 18.1 Å². The van der Waals surface area contributed by atoms with Crippen LogP contribution in [0.5, 0.6) is 0 Å². The first-order valence-electron chi connectivity index (χ1n) is 7.62. The summed E-state index contributed by atoms with van der Waals surface area (Å²) < 4.78 is 25.0. The molecule has 0 aliphatic rings. The van der Waals surface area contributed by atoms with Gasteiger partial charge in [-0.3, -0.25) is 9.78 Å². The van der Waals surface area contributed by atoms with Crippen LogP contribution in [-0.2, 0) is 27.8 Å². The zero-order valence-electron chi connectivity index (χ0n) is 13.8. The molecule has 0 aliphatic heterocycles. The smallest absolute Gasteiger partial charge is 0.239 e. The molecule has 1 aromatic carbocycles. The van der Waals surface area contributed by atoms with E-state index < -0.39 is 10.0 Å². The van der Waals surface area contributed by atoms with E-state index in [4.69, 9.17) is 0 Å². The molecule has 0 fully saturated rings.